The van der Waals surface area contributed by atoms with E-state index in [0.717, 1.165) is 0 Å². The molecular formula is C12H10Cl2N2OS. The highest BCUT2D eigenvalue weighted by Crippen LogP contribution is 2.27. The smallest absolute Gasteiger partial charge is 0.150 e. The highest BCUT2D eigenvalue weighted by atomic mass is 35.5. The van der Waals surface area contributed by atoms with Gasteiger partial charge in [-0.25, -0.2) is 4.98 Å². The van der Waals surface area contributed by atoms with Crippen LogP contribution in [0.3, 0.4) is 0 Å². The van der Waals surface area contributed by atoms with E-state index in [1.54, 1.807) is 36.5 Å². The van der Waals surface area contributed by atoms with Crippen LogP contribution in [0.2, 0.25) is 10.0 Å². The molecule has 0 aliphatic heterocycles. The van der Waals surface area contributed by atoms with Crippen LogP contribution in [0.5, 0.6) is 0 Å². The van der Waals surface area contributed by atoms with Gasteiger partial charge in [-0.05, 0) is 24.3 Å². The largest absolute Gasteiger partial charge is 0.396 e. The molecule has 94 valence electrons. The molecule has 0 bridgehead atoms. The van der Waals surface area contributed by atoms with Crippen molar-refractivity contribution in [1.82, 2.24) is 4.98 Å². The Morgan fingerprint density at radius 1 is 1.17 bits per heavy atom. The molecule has 0 radical (unpaired) electrons. The normalized spacial score (nSPS) is 12.3. The van der Waals surface area contributed by atoms with Crippen molar-refractivity contribution in [3.05, 3.63) is 52.1 Å². The molecule has 1 unspecified atom stereocenters. The molecule has 2 rings (SSSR count). The Morgan fingerprint density at radius 3 is 2.44 bits per heavy atom. The summed E-state index contributed by atoms with van der Waals surface area (Å²) in [4.78, 5) is 4.02. The van der Waals surface area contributed by atoms with Gasteiger partial charge in [0.05, 0.1) is 22.2 Å². The number of nitrogens with two attached hydrogens (primary N) is 1. The van der Waals surface area contributed by atoms with Crippen molar-refractivity contribution < 1.29 is 4.21 Å². The van der Waals surface area contributed by atoms with Gasteiger partial charge in [-0.15, -0.1) is 0 Å². The molecule has 1 aromatic heterocycles. The van der Waals surface area contributed by atoms with E-state index in [4.69, 9.17) is 28.9 Å². The maximum Gasteiger partial charge on any atom is 0.150 e. The monoisotopic (exact) mass is 300 g/mol. The molecule has 0 amide bonds. The number of benzene rings is 1. The first kappa shape index (κ1) is 13.3. The molecule has 0 saturated heterocycles. The molecule has 1 heterocycles. The van der Waals surface area contributed by atoms with Gasteiger partial charge in [-0.1, -0.05) is 29.3 Å². The van der Waals surface area contributed by atoms with E-state index < -0.39 is 10.8 Å². The van der Waals surface area contributed by atoms with Crippen LogP contribution in [-0.2, 0) is 16.6 Å². The summed E-state index contributed by atoms with van der Waals surface area (Å²) in [6.45, 7) is 0. The van der Waals surface area contributed by atoms with Crippen LogP contribution in [0.1, 0.15) is 5.56 Å². The van der Waals surface area contributed by atoms with Crippen molar-refractivity contribution in [3.8, 4) is 0 Å². The summed E-state index contributed by atoms with van der Waals surface area (Å²) in [5, 5.41) is 1.34. The van der Waals surface area contributed by atoms with Crippen LogP contribution in [0.25, 0.3) is 0 Å². The van der Waals surface area contributed by atoms with Gasteiger partial charge < -0.3 is 5.73 Å². The molecular weight excluding hydrogens is 291 g/mol. The maximum atomic E-state index is 12.2. The minimum absolute atomic E-state index is 0.194. The lowest BCUT2D eigenvalue weighted by molar-refractivity contribution is 0.680. The second kappa shape index (κ2) is 5.69. The van der Waals surface area contributed by atoms with Crippen LogP contribution in [0, 0.1) is 0 Å². The van der Waals surface area contributed by atoms with E-state index in [9.17, 15) is 4.21 Å². The number of pyridine rings is 1. The predicted octanol–water partition coefficient (Wildman–Crippen LogP) is 3.28. The topological polar surface area (TPSA) is 56.0 Å². The van der Waals surface area contributed by atoms with Crippen LogP contribution in [0.15, 0.2) is 41.6 Å². The molecule has 6 heteroatoms. The van der Waals surface area contributed by atoms with Crippen molar-refractivity contribution in [2.75, 3.05) is 5.73 Å². The van der Waals surface area contributed by atoms with Crippen LogP contribution in [-0.4, -0.2) is 9.19 Å². The molecule has 2 N–H and O–H groups in total. The number of nitrogen functional groups attached to an aromatic ring is 1. The Bertz CT molecular complexity index is 584. The Hall–Kier alpha value is -1.10. The lowest BCUT2D eigenvalue weighted by Gasteiger charge is -2.07. The summed E-state index contributed by atoms with van der Waals surface area (Å²) >= 11 is 12.1. The summed E-state index contributed by atoms with van der Waals surface area (Å²) in [7, 11) is -1.37. The third-order valence-corrected chi connectivity index (χ3v) is 4.38. The summed E-state index contributed by atoms with van der Waals surface area (Å²) in [6.07, 6.45) is 1.55. The van der Waals surface area contributed by atoms with E-state index >= 15 is 0 Å². The SMILES string of the molecule is Nc1cccnc1S(=O)Cc1c(Cl)cccc1Cl. The average molecular weight is 301 g/mol. The summed E-state index contributed by atoms with van der Waals surface area (Å²) in [5.74, 6) is 0.194. The first-order chi connectivity index (χ1) is 8.59. The summed E-state index contributed by atoms with van der Waals surface area (Å²) < 4.78 is 12.2. The number of aromatic nitrogens is 1. The molecule has 3 nitrogen and oxygen atoms in total. The zero-order valence-corrected chi connectivity index (χ0v) is 11.6. The molecule has 0 fully saturated rings. The third kappa shape index (κ3) is 2.83. The zero-order valence-electron chi connectivity index (χ0n) is 9.27. The number of hydrogen-bond donors (Lipinski definition) is 1. The van der Waals surface area contributed by atoms with Gasteiger partial charge in [0.1, 0.15) is 5.03 Å². The standard InChI is InChI=1S/C12H10Cl2N2OS/c13-9-3-1-4-10(14)8(9)7-18(17)12-11(15)5-2-6-16-12/h1-6H,7,15H2. The van der Waals surface area contributed by atoms with Crippen molar-refractivity contribution >= 4 is 39.7 Å². The third-order valence-electron chi connectivity index (χ3n) is 2.35. The number of nitrogens with zero attached hydrogens (tertiary/aromatic N) is 1. The van der Waals surface area contributed by atoms with Crippen molar-refractivity contribution in [2.45, 2.75) is 10.8 Å². The van der Waals surface area contributed by atoms with Crippen molar-refractivity contribution in [2.24, 2.45) is 0 Å². The first-order valence-electron chi connectivity index (χ1n) is 5.11. The molecule has 0 aliphatic carbocycles. The van der Waals surface area contributed by atoms with Gasteiger partial charge in [0.25, 0.3) is 0 Å². The Labute approximate surface area is 117 Å². The van der Waals surface area contributed by atoms with Gasteiger partial charge in [0.15, 0.2) is 0 Å². The number of anilines is 1. The fourth-order valence-corrected chi connectivity index (χ4v) is 3.37. The average Bonchev–Trinajstić information content (AvgIpc) is 2.34. The lowest BCUT2D eigenvalue weighted by atomic mass is 10.2. The van der Waals surface area contributed by atoms with Crippen molar-refractivity contribution in [1.29, 1.82) is 0 Å². The van der Waals surface area contributed by atoms with Crippen LogP contribution in [0.4, 0.5) is 5.69 Å². The fourth-order valence-electron chi connectivity index (χ4n) is 1.46. The molecule has 1 aromatic carbocycles. The van der Waals surface area contributed by atoms with E-state index in [1.165, 1.54) is 0 Å². The number of hydrogen-bond acceptors (Lipinski definition) is 3. The highest BCUT2D eigenvalue weighted by molar-refractivity contribution is 7.84. The fraction of sp³-hybridized carbons (Fsp3) is 0.0833. The predicted molar refractivity (Wildman–Crippen MR) is 75.2 cm³/mol. The van der Waals surface area contributed by atoms with E-state index in [1.807, 2.05) is 0 Å². The van der Waals surface area contributed by atoms with Gasteiger partial charge in [-0.3, -0.25) is 4.21 Å². The molecule has 1 atom stereocenters. The quantitative estimate of drug-likeness (QED) is 0.946. The Morgan fingerprint density at radius 2 is 1.83 bits per heavy atom. The number of halogens is 2. The summed E-state index contributed by atoms with van der Waals surface area (Å²) in [6, 6.07) is 8.52. The number of rotatable bonds is 3. The van der Waals surface area contributed by atoms with E-state index in [2.05, 4.69) is 4.98 Å². The minimum Gasteiger partial charge on any atom is -0.396 e. The summed E-state index contributed by atoms with van der Waals surface area (Å²) in [5.41, 5.74) is 6.77. The Balaban J connectivity index is 2.30. The van der Waals surface area contributed by atoms with Gasteiger partial charge in [0, 0.05) is 21.8 Å². The highest BCUT2D eigenvalue weighted by Gasteiger charge is 2.14. The minimum atomic E-state index is -1.37. The molecule has 0 aliphatic rings. The van der Waals surface area contributed by atoms with E-state index in [0.29, 0.717) is 26.3 Å². The van der Waals surface area contributed by atoms with Crippen LogP contribution < -0.4 is 5.73 Å². The Kier molecular flexibility index (Phi) is 4.22. The van der Waals surface area contributed by atoms with Gasteiger partial charge in [-0.2, -0.15) is 0 Å². The van der Waals surface area contributed by atoms with Gasteiger partial charge in [0.2, 0.25) is 0 Å². The molecule has 0 spiro atoms. The second-order valence-electron chi connectivity index (χ2n) is 3.59. The van der Waals surface area contributed by atoms with Gasteiger partial charge >= 0.3 is 0 Å². The first-order valence-corrected chi connectivity index (χ1v) is 7.19. The molecule has 0 saturated carbocycles. The zero-order chi connectivity index (χ0) is 13.1. The molecule has 18 heavy (non-hydrogen) atoms. The maximum absolute atomic E-state index is 12.2. The molecule has 2 aromatic rings. The lowest BCUT2D eigenvalue weighted by Crippen LogP contribution is -2.04. The second-order valence-corrected chi connectivity index (χ2v) is 5.77. The van der Waals surface area contributed by atoms with E-state index in [-0.39, 0.29) is 5.75 Å². The van der Waals surface area contributed by atoms with Crippen molar-refractivity contribution in [3.63, 3.8) is 0 Å². The van der Waals surface area contributed by atoms with Crippen LogP contribution >= 0.6 is 23.2 Å².